The zero-order valence-electron chi connectivity index (χ0n) is 12.7. The second-order valence-electron chi connectivity index (χ2n) is 5.27. The van der Waals surface area contributed by atoms with Gasteiger partial charge < -0.3 is 15.4 Å². The van der Waals surface area contributed by atoms with Crippen LogP contribution >= 0.6 is 0 Å². The number of rotatable bonds is 4. The van der Waals surface area contributed by atoms with Crippen LogP contribution in [-0.2, 0) is 9.53 Å². The first kappa shape index (κ1) is 14.8. The molecule has 0 aliphatic carbocycles. The molecule has 1 aliphatic heterocycles. The molecular formula is C18H20N2O2. The van der Waals surface area contributed by atoms with Crippen molar-refractivity contribution in [2.45, 2.75) is 13.0 Å². The summed E-state index contributed by atoms with van der Waals surface area (Å²) in [6.45, 7) is 3.58. The Kier molecular flexibility index (Phi) is 4.22. The smallest absolute Gasteiger partial charge is 0.248 e. The highest BCUT2D eigenvalue weighted by molar-refractivity contribution is 6.04. The molecule has 1 aliphatic rings. The van der Waals surface area contributed by atoms with E-state index in [0.29, 0.717) is 19.8 Å². The minimum atomic E-state index is -0.648. The van der Waals surface area contributed by atoms with Gasteiger partial charge in [0.05, 0.1) is 12.3 Å². The molecule has 0 fully saturated rings. The first-order valence-corrected chi connectivity index (χ1v) is 7.57. The molecule has 1 heterocycles. The van der Waals surface area contributed by atoms with Crippen molar-refractivity contribution >= 4 is 11.6 Å². The van der Waals surface area contributed by atoms with Crippen LogP contribution in [0.5, 0.6) is 0 Å². The molecule has 3 rings (SSSR count). The standard InChI is InChI=1S/C18H20N2O2/c1-2-22-12-11-20-16-10-6-5-8-14(16)13-7-3-4-9-15(13)17(19)18(20)21/h3-10,17H,2,11-12,19H2,1H3/t17-/m0/s1. The summed E-state index contributed by atoms with van der Waals surface area (Å²) in [5.41, 5.74) is 10.1. The van der Waals surface area contributed by atoms with Crippen LogP contribution in [0.25, 0.3) is 11.1 Å². The fourth-order valence-corrected chi connectivity index (χ4v) is 2.90. The monoisotopic (exact) mass is 296 g/mol. The molecule has 4 nitrogen and oxygen atoms in total. The summed E-state index contributed by atoms with van der Waals surface area (Å²) in [4.78, 5) is 14.6. The fraction of sp³-hybridized carbons (Fsp3) is 0.278. The van der Waals surface area contributed by atoms with Crippen molar-refractivity contribution in [1.82, 2.24) is 0 Å². The van der Waals surface area contributed by atoms with Gasteiger partial charge in [-0.2, -0.15) is 0 Å². The minimum absolute atomic E-state index is 0.0860. The third kappa shape index (κ3) is 2.51. The first-order chi connectivity index (χ1) is 10.7. The molecule has 0 spiro atoms. The van der Waals surface area contributed by atoms with Gasteiger partial charge in [0.25, 0.3) is 0 Å². The van der Waals surface area contributed by atoms with E-state index >= 15 is 0 Å². The van der Waals surface area contributed by atoms with Gasteiger partial charge in [-0.25, -0.2) is 0 Å². The van der Waals surface area contributed by atoms with Gasteiger partial charge in [0.2, 0.25) is 5.91 Å². The van der Waals surface area contributed by atoms with Gasteiger partial charge in [0.15, 0.2) is 0 Å². The Morgan fingerprint density at radius 2 is 1.77 bits per heavy atom. The predicted octanol–water partition coefficient (Wildman–Crippen LogP) is 2.74. The molecule has 4 heteroatoms. The number of hydrogen-bond acceptors (Lipinski definition) is 3. The van der Waals surface area contributed by atoms with E-state index in [2.05, 4.69) is 0 Å². The van der Waals surface area contributed by atoms with Crippen molar-refractivity contribution in [3.63, 3.8) is 0 Å². The Morgan fingerprint density at radius 1 is 1.09 bits per heavy atom. The number of nitrogens with zero attached hydrogens (tertiary/aromatic N) is 1. The molecule has 0 bridgehead atoms. The van der Waals surface area contributed by atoms with E-state index in [1.807, 2.05) is 55.5 Å². The van der Waals surface area contributed by atoms with Crippen LogP contribution in [0.2, 0.25) is 0 Å². The van der Waals surface area contributed by atoms with Crippen LogP contribution < -0.4 is 10.6 Å². The predicted molar refractivity (Wildman–Crippen MR) is 87.7 cm³/mol. The van der Waals surface area contributed by atoms with Crippen molar-refractivity contribution in [3.05, 3.63) is 54.1 Å². The van der Waals surface area contributed by atoms with E-state index in [9.17, 15) is 4.79 Å². The van der Waals surface area contributed by atoms with Crippen molar-refractivity contribution < 1.29 is 9.53 Å². The molecule has 0 unspecified atom stereocenters. The van der Waals surface area contributed by atoms with Crippen LogP contribution in [0.3, 0.4) is 0 Å². The highest BCUT2D eigenvalue weighted by Gasteiger charge is 2.31. The zero-order chi connectivity index (χ0) is 15.5. The quantitative estimate of drug-likeness (QED) is 0.883. The van der Waals surface area contributed by atoms with Gasteiger partial charge in [0.1, 0.15) is 6.04 Å². The van der Waals surface area contributed by atoms with Crippen molar-refractivity contribution in [3.8, 4) is 11.1 Å². The summed E-state index contributed by atoms with van der Waals surface area (Å²) in [6.07, 6.45) is 0. The fourth-order valence-electron chi connectivity index (χ4n) is 2.90. The van der Waals surface area contributed by atoms with Gasteiger partial charge in [-0.05, 0) is 24.1 Å². The number of para-hydroxylation sites is 1. The Hall–Kier alpha value is -2.17. The number of carbonyl (C=O) groups excluding carboxylic acids is 1. The lowest BCUT2D eigenvalue weighted by molar-refractivity contribution is -0.120. The Bertz CT molecular complexity index is 684. The maximum atomic E-state index is 12.8. The third-order valence-corrected chi connectivity index (χ3v) is 3.98. The normalized spacial score (nSPS) is 16.9. The lowest BCUT2D eigenvalue weighted by atomic mass is 9.96. The van der Waals surface area contributed by atoms with Crippen molar-refractivity contribution in [2.24, 2.45) is 5.73 Å². The summed E-state index contributed by atoms with van der Waals surface area (Å²) < 4.78 is 5.42. The van der Waals surface area contributed by atoms with Gasteiger partial charge in [0, 0.05) is 18.7 Å². The molecule has 2 N–H and O–H groups in total. The maximum Gasteiger partial charge on any atom is 0.248 e. The van der Waals surface area contributed by atoms with Crippen LogP contribution in [0.15, 0.2) is 48.5 Å². The molecule has 114 valence electrons. The van der Waals surface area contributed by atoms with Crippen LogP contribution in [0, 0.1) is 0 Å². The van der Waals surface area contributed by atoms with E-state index < -0.39 is 6.04 Å². The molecule has 22 heavy (non-hydrogen) atoms. The Labute approximate surface area is 130 Å². The number of amides is 1. The number of benzene rings is 2. The molecule has 0 saturated heterocycles. The Balaban J connectivity index is 2.10. The number of carbonyl (C=O) groups is 1. The summed E-state index contributed by atoms with van der Waals surface area (Å²) in [6, 6.07) is 15.1. The maximum absolute atomic E-state index is 12.8. The largest absolute Gasteiger partial charge is 0.380 e. The topological polar surface area (TPSA) is 55.6 Å². The summed E-state index contributed by atoms with van der Waals surface area (Å²) in [5.74, 6) is -0.0860. The minimum Gasteiger partial charge on any atom is -0.380 e. The highest BCUT2D eigenvalue weighted by Crippen LogP contribution is 2.39. The number of ether oxygens (including phenoxy) is 1. The lowest BCUT2D eigenvalue weighted by Crippen LogP contribution is -2.39. The van der Waals surface area contributed by atoms with Crippen molar-refractivity contribution in [2.75, 3.05) is 24.7 Å². The molecule has 1 amide bonds. The van der Waals surface area contributed by atoms with Crippen LogP contribution in [-0.4, -0.2) is 25.7 Å². The first-order valence-electron chi connectivity index (χ1n) is 7.57. The molecule has 0 aromatic heterocycles. The molecule has 0 saturated carbocycles. The third-order valence-electron chi connectivity index (χ3n) is 3.98. The zero-order valence-corrected chi connectivity index (χ0v) is 12.7. The lowest BCUT2D eigenvalue weighted by Gasteiger charge is -2.24. The van der Waals surface area contributed by atoms with Gasteiger partial charge in [-0.3, -0.25) is 4.79 Å². The van der Waals surface area contributed by atoms with E-state index in [0.717, 1.165) is 22.4 Å². The molecule has 2 aromatic rings. The van der Waals surface area contributed by atoms with E-state index in [4.69, 9.17) is 10.5 Å². The number of fused-ring (bicyclic) bond motifs is 3. The molecule has 0 radical (unpaired) electrons. The number of nitrogens with two attached hydrogens (primary N) is 1. The van der Waals surface area contributed by atoms with Crippen LogP contribution in [0.4, 0.5) is 5.69 Å². The van der Waals surface area contributed by atoms with Gasteiger partial charge in [-0.1, -0.05) is 42.5 Å². The summed E-state index contributed by atoms with van der Waals surface area (Å²) in [5, 5.41) is 0. The molecular weight excluding hydrogens is 276 g/mol. The summed E-state index contributed by atoms with van der Waals surface area (Å²) in [7, 11) is 0. The van der Waals surface area contributed by atoms with E-state index in [1.54, 1.807) is 4.90 Å². The second kappa shape index (κ2) is 6.30. The summed E-state index contributed by atoms with van der Waals surface area (Å²) >= 11 is 0. The number of hydrogen-bond donors (Lipinski definition) is 1. The molecule has 1 atom stereocenters. The van der Waals surface area contributed by atoms with E-state index in [-0.39, 0.29) is 5.91 Å². The average Bonchev–Trinajstić information content (AvgIpc) is 2.65. The van der Waals surface area contributed by atoms with Crippen LogP contribution in [0.1, 0.15) is 18.5 Å². The Morgan fingerprint density at radius 3 is 2.55 bits per heavy atom. The van der Waals surface area contributed by atoms with Gasteiger partial charge in [-0.15, -0.1) is 0 Å². The molecule has 2 aromatic carbocycles. The second-order valence-corrected chi connectivity index (χ2v) is 5.27. The van der Waals surface area contributed by atoms with Gasteiger partial charge >= 0.3 is 0 Å². The number of anilines is 1. The van der Waals surface area contributed by atoms with Crippen molar-refractivity contribution in [1.29, 1.82) is 0 Å². The van der Waals surface area contributed by atoms with E-state index in [1.165, 1.54) is 0 Å². The SMILES string of the molecule is CCOCCN1C(=O)[C@@H](N)c2ccccc2-c2ccccc21. The average molecular weight is 296 g/mol. The highest BCUT2D eigenvalue weighted by atomic mass is 16.5.